The molecule has 10 aromatic rings. The van der Waals surface area contributed by atoms with Gasteiger partial charge in [-0.25, -0.2) is 9.97 Å². The van der Waals surface area contributed by atoms with Crippen LogP contribution in [0.3, 0.4) is 0 Å². The van der Waals surface area contributed by atoms with E-state index in [9.17, 15) is 0 Å². The van der Waals surface area contributed by atoms with E-state index >= 15 is 0 Å². The lowest BCUT2D eigenvalue weighted by molar-refractivity contribution is 1.29. The number of hydrogen-bond donors (Lipinski definition) is 0. The van der Waals surface area contributed by atoms with E-state index in [-0.39, 0.29) is 0 Å². The number of nitrogens with zero attached hydrogens (tertiary/aromatic N) is 3. The van der Waals surface area contributed by atoms with Crippen molar-refractivity contribution in [2.75, 3.05) is 4.90 Å². The van der Waals surface area contributed by atoms with Gasteiger partial charge >= 0.3 is 0 Å². The second kappa shape index (κ2) is 11.7. The van der Waals surface area contributed by atoms with Gasteiger partial charge in [-0.3, -0.25) is 0 Å². The normalized spacial score (nSPS) is 11.6. The molecule has 0 unspecified atom stereocenters. The van der Waals surface area contributed by atoms with Crippen LogP contribution in [0.15, 0.2) is 176 Å². The molecule has 0 aliphatic rings. The predicted molar refractivity (Wildman–Crippen MR) is 213 cm³/mol. The van der Waals surface area contributed by atoms with Crippen LogP contribution in [0.1, 0.15) is 0 Å². The van der Waals surface area contributed by atoms with Crippen LogP contribution in [0.4, 0.5) is 17.1 Å². The van der Waals surface area contributed by atoms with Gasteiger partial charge in [-0.1, -0.05) is 121 Å². The molecule has 8 aromatic carbocycles. The van der Waals surface area contributed by atoms with Crippen LogP contribution in [-0.2, 0) is 0 Å². The van der Waals surface area contributed by atoms with Crippen molar-refractivity contribution in [3.8, 4) is 22.5 Å². The molecule has 0 bridgehead atoms. The molecule has 0 spiro atoms. The number of rotatable bonds is 5. The van der Waals surface area contributed by atoms with Crippen LogP contribution in [0.25, 0.3) is 75.3 Å². The maximum atomic E-state index is 5.43. The molecule has 0 saturated heterocycles. The van der Waals surface area contributed by atoms with Crippen molar-refractivity contribution in [1.82, 2.24) is 9.97 Å². The third-order valence-electron chi connectivity index (χ3n) is 9.60. The Morgan fingerprint density at radius 2 is 1.00 bits per heavy atom. The van der Waals surface area contributed by atoms with Gasteiger partial charge in [-0.15, -0.1) is 11.3 Å². The molecule has 2 aromatic heterocycles. The summed E-state index contributed by atoms with van der Waals surface area (Å²) < 4.78 is 2.61. The zero-order valence-electron chi connectivity index (χ0n) is 27.0. The van der Waals surface area contributed by atoms with Crippen LogP contribution in [0.2, 0.25) is 0 Å². The number of benzene rings is 8. The monoisotopic (exact) mass is 655 g/mol. The van der Waals surface area contributed by atoms with Crippen molar-refractivity contribution < 1.29 is 0 Å². The Kier molecular flexibility index (Phi) is 6.68. The fourth-order valence-electron chi connectivity index (χ4n) is 7.27. The molecule has 0 amide bonds. The molecule has 0 N–H and O–H groups in total. The second-order valence-electron chi connectivity index (χ2n) is 12.6. The standard InChI is InChI=1S/C46H29N3S/c1-4-12-31(13-5-1)44-45(32-14-6-2-7-15-32)48-46-40(47-44)26-22-30-20-21-33-28-35(23-25-37(33)43(30)46)49(34-16-8-3-9-17-34)36-24-27-42-39(29-36)38-18-10-11-19-41(38)50-42/h1-29H. The highest BCUT2D eigenvalue weighted by molar-refractivity contribution is 7.25. The van der Waals surface area contributed by atoms with Crippen molar-refractivity contribution in [3.63, 3.8) is 0 Å². The van der Waals surface area contributed by atoms with Gasteiger partial charge < -0.3 is 4.90 Å². The van der Waals surface area contributed by atoms with E-state index in [2.05, 4.69) is 169 Å². The molecule has 234 valence electrons. The Bertz CT molecular complexity index is 2860. The maximum absolute atomic E-state index is 5.43. The van der Waals surface area contributed by atoms with Gasteiger partial charge in [-0.05, 0) is 70.8 Å². The average Bonchev–Trinajstić information content (AvgIpc) is 3.56. The minimum atomic E-state index is 0.884. The first-order valence-corrected chi connectivity index (χ1v) is 17.6. The molecular formula is C46H29N3S. The number of para-hydroxylation sites is 1. The van der Waals surface area contributed by atoms with Crippen molar-refractivity contribution in [2.24, 2.45) is 0 Å². The first-order chi connectivity index (χ1) is 24.8. The smallest absolute Gasteiger partial charge is 0.0979 e. The van der Waals surface area contributed by atoms with Gasteiger partial charge in [0.1, 0.15) is 0 Å². The summed E-state index contributed by atoms with van der Waals surface area (Å²) in [5.74, 6) is 0. The van der Waals surface area contributed by atoms with Crippen LogP contribution in [0.5, 0.6) is 0 Å². The maximum Gasteiger partial charge on any atom is 0.0979 e. The molecule has 0 atom stereocenters. The Hall–Kier alpha value is -6.36. The zero-order chi connectivity index (χ0) is 33.0. The predicted octanol–water partition coefficient (Wildman–Crippen LogP) is 13.1. The summed E-state index contributed by atoms with van der Waals surface area (Å²) in [6, 6.07) is 62.5. The highest BCUT2D eigenvalue weighted by Crippen LogP contribution is 2.42. The van der Waals surface area contributed by atoms with Gasteiger partial charge in [0, 0.05) is 53.7 Å². The van der Waals surface area contributed by atoms with Gasteiger partial charge in [0.15, 0.2) is 0 Å². The molecule has 0 aliphatic heterocycles. The molecule has 0 saturated carbocycles. The minimum absolute atomic E-state index is 0.884. The first kappa shape index (κ1) is 28.6. The third-order valence-corrected chi connectivity index (χ3v) is 10.8. The van der Waals surface area contributed by atoms with Gasteiger partial charge in [0.2, 0.25) is 0 Å². The summed E-state index contributed by atoms with van der Waals surface area (Å²) in [6.45, 7) is 0. The van der Waals surface area contributed by atoms with E-state index in [1.807, 2.05) is 23.5 Å². The lowest BCUT2D eigenvalue weighted by Crippen LogP contribution is -2.09. The molecule has 0 radical (unpaired) electrons. The molecule has 4 heteroatoms. The number of thiophene rings is 1. The Balaban J connectivity index is 1.19. The number of hydrogen-bond acceptors (Lipinski definition) is 4. The lowest BCUT2D eigenvalue weighted by Gasteiger charge is -2.26. The van der Waals surface area contributed by atoms with Crippen LogP contribution < -0.4 is 4.90 Å². The van der Waals surface area contributed by atoms with E-state index < -0.39 is 0 Å². The van der Waals surface area contributed by atoms with E-state index in [0.29, 0.717) is 0 Å². The molecule has 0 aliphatic carbocycles. The highest BCUT2D eigenvalue weighted by Gasteiger charge is 2.18. The Labute approximate surface area is 293 Å². The van der Waals surface area contributed by atoms with Crippen molar-refractivity contribution in [2.45, 2.75) is 0 Å². The van der Waals surface area contributed by atoms with Gasteiger partial charge in [0.25, 0.3) is 0 Å². The molecule has 2 heterocycles. The van der Waals surface area contributed by atoms with Gasteiger partial charge in [-0.2, -0.15) is 0 Å². The lowest BCUT2D eigenvalue weighted by atomic mass is 9.98. The van der Waals surface area contributed by atoms with Crippen LogP contribution in [-0.4, -0.2) is 9.97 Å². The van der Waals surface area contributed by atoms with E-state index in [0.717, 1.165) is 72.2 Å². The summed E-state index contributed by atoms with van der Waals surface area (Å²) in [6.07, 6.45) is 0. The summed E-state index contributed by atoms with van der Waals surface area (Å²) in [4.78, 5) is 13.1. The minimum Gasteiger partial charge on any atom is -0.310 e. The highest BCUT2D eigenvalue weighted by atomic mass is 32.1. The molecule has 3 nitrogen and oxygen atoms in total. The fraction of sp³-hybridized carbons (Fsp3) is 0. The number of fused-ring (bicyclic) bond motifs is 8. The molecule has 50 heavy (non-hydrogen) atoms. The number of aromatic nitrogens is 2. The van der Waals surface area contributed by atoms with E-state index in [1.54, 1.807) is 0 Å². The quantitative estimate of drug-likeness (QED) is 0.173. The second-order valence-corrected chi connectivity index (χ2v) is 13.7. The molecular weight excluding hydrogens is 627 g/mol. The van der Waals surface area contributed by atoms with E-state index in [4.69, 9.17) is 9.97 Å². The zero-order valence-corrected chi connectivity index (χ0v) is 27.8. The number of anilines is 3. The van der Waals surface area contributed by atoms with Crippen LogP contribution >= 0.6 is 11.3 Å². The summed E-state index contributed by atoms with van der Waals surface area (Å²) >= 11 is 1.85. The Morgan fingerprint density at radius 3 is 1.78 bits per heavy atom. The van der Waals surface area contributed by atoms with Crippen molar-refractivity contribution >= 4 is 81.1 Å². The van der Waals surface area contributed by atoms with Gasteiger partial charge in [0.05, 0.1) is 22.4 Å². The third kappa shape index (κ3) is 4.73. The van der Waals surface area contributed by atoms with Crippen molar-refractivity contribution in [3.05, 3.63) is 176 Å². The first-order valence-electron chi connectivity index (χ1n) is 16.8. The summed E-state index contributed by atoms with van der Waals surface area (Å²) in [5.41, 5.74) is 9.02. The molecule has 0 fully saturated rings. The van der Waals surface area contributed by atoms with Crippen molar-refractivity contribution in [1.29, 1.82) is 0 Å². The Morgan fingerprint density at radius 1 is 0.400 bits per heavy atom. The van der Waals surface area contributed by atoms with Crippen LogP contribution in [0, 0.1) is 0 Å². The molecule has 10 rings (SSSR count). The van der Waals surface area contributed by atoms with E-state index in [1.165, 1.54) is 20.2 Å². The SMILES string of the molecule is c1ccc(-c2nc3ccc4ccc5cc(N(c6ccccc6)c6ccc7sc8ccccc8c7c6)ccc5c4c3nc2-c2ccccc2)cc1. The topological polar surface area (TPSA) is 29.0 Å². The largest absolute Gasteiger partial charge is 0.310 e. The summed E-state index contributed by atoms with van der Waals surface area (Å²) in [7, 11) is 0. The average molecular weight is 656 g/mol. The summed E-state index contributed by atoms with van der Waals surface area (Å²) in [5, 5.41) is 7.16. The fourth-order valence-corrected chi connectivity index (χ4v) is 8.35.